The van der Waals surface area contributed by atoms with Crippen LogP contribution in [0.15, 0.2) is 36.4 Å². The molecule has 4 rings (SSSR count). The third-order valence-electron chi connectivity index (χ3n) is 4.40. The van der Waals surface area contributed by atoms with Crippen LogP contribution in [-0.2, 0) is 0 Å². The van der Waals surface area contributed by atoms with Crippen molar-refractivity contribution >= 4 is 11.7 Å². The van der Waals surface area contributed by atoms with E-state index in [0.29, 0.717) is 55.0 Å². The molecule has 150 valence electrons. The lowest BCUT2D eigenvalue weighted by atomic mass is 10.1. The van der Waals surface area contributed by atoms with Crippen LogP contribution in [0.2, 0.25) is 0 Å². The average Bonchev–Trinajstić information content (AvgIpc) is 3.09. The zero-order valence-electron chi connectivity index (χ0n) is 16.3. The first kappa shape index (κ1) is 18.7. The number of anilines is 1. The van der Waals surface area contributed by atoms with E-state index in [9.17, 15) is 4.79 Å². The fourth-order valence-corrected chi connectivity index (χ4v) is 3.11. The van der Waals surface area contributed by atoms with Gasteiger partial charge in [0.05, 0.1) is 11.3 Å². The summed E-state index contributed by atoms with van der Waals surface area (Å²) in [6, 6.07) is 11.0. The normalized spacial score (nSPS) is 12.5. The van der Waals surface area contributed by atoms with Gasteiger partial charge in [-0.2, -0.15) is 5.10 Å². The Morgan fingerprint density at radius 1 is 1.10 bits per heavy atom. The number of ether oxygens (including phenoxy) is 2. The van der Waals surface area contributed by atoms with Crippen molar-refractivity contribution in [1.82, 2.24) is 25.3 Å². The SMILES string of the molecule is Cc1cc(C)n(-c2ccc(NCCNC(=O)c3cccc4c3OCCO4)nn2)n1. The maximum Gasteiger partial charge on any atom is 0.255 e. The summed E-state index contributed by atoms with van der Waals surface area (Å²) in [5.41, 5.74) is 2.40. The monoisotopic (exact) mass is 394 g/mol. The molecule has 0 fully saturated rings. The van der Waals surface area contributed by atoms with Crippen LogP contribution in [0.3, 0.4) is 0 Å². The maximum absolute atomic E-state index is 12.5. The highest BCUT2D eigenvalue weighted by atomic mass is 16.6. The molecule has 9 nitrogen and oxygen atoms in total. The van der Waals surface area contributed by atoms with Crippen molar-refractivity contribution in [1.29, 1.82) is 0 Å². The second kappa shape index (κ2) is 8.17. The highest BCUT2D eigenvalue weighted by molar-refractivity contribution is 5.97. The molecule has 0 spiro atoms. The lowest BCUT2D eigenvalue weighted by Gasteiger charge is -2.20. The Morgan fingerprint density at radius 3 is 2.72 bits per heavy atom. The van der Waals surface area contributed by atoms with E-state index in [-0.39, 0.29) is 5.91 Å². The molecule has 1 aromatic carbocycles. The van der Waals surface area contributed by atoms with E-state index in [4.69, 9.17) is 9.47 Å². The number of fused-ring (bicyclic) bond motifs is 1. The Balaban J connectivity index is 1.30. The lowest BCUT2D eigenvalue weighted by Crippen LogP contribution is -2.30. The number of amides is 1. The van der Waals surface area contributed by atoms with Gasteiger partial charge in [0, 0.05) is 18.8 Å². The van der Waals surface area contributed by atoms with E-state index in [1.807, 2.05) is 32.0 Å². The fourth-order valence-electron chi connectivity index (χ4n) is 3.11. The van der Waals surface area contributed by atoms with Crippen LogP contribution in [0, 0.1) is 13.8 Å². The van der Waals surface area contributed by atoms with Gasteiger partial charge in [-0.05, 0) is 44.2 Å². The van der Waals surface area contributed by atoms with E-state index < -0.39 is 0 Å². The van der Waals surface area contributed by atoms with Crippen LogP contribution in [0.4, 0.5) is 5.82 Å². The molecule has 0 radical (unpaired) electrons. The van der Waals surface area contributed by atoms with Crippen LogP contribution in [0.1, 0.15) is 21.7 Å². The molecular formula is C20H22N6O3. The number of hydrogen-bond donors (Lipinski definition) is 2. The molecule has 0 unspecified atom stereocenters. The fraction of sp³-hybridized carbons (Fsp3) is 0.300. The van der Waals surface area contributed by atoms with Gasteiger partial charge in [-0.3, -0.25) is 4.79 Å². The molecule has 1 aliphatic heterocycles. The van der Waals surface area contributed by atoms with Gasteiger partial charge >= 0.3 is 0 Å². The summed E-state index contributed by atoms with van der Waals surface area (Å²) in [6.45, 7) is 5.76. The third-order valence-corrected chi connectivity index (χ3v) is 4.40. The maximum atomic E-state index is 12.5. The Bertz CT molecular complexity index is 1020. The molecule has 1 amide bonds. The van der Waals surface area contributed by atoms with E-state index in [2.05, 4.69) is 25.9 Å². The molecule has 2 N–H and O–H groups in total. The zero-order chi connectivity index (χ0) is 20.2. The minimum Gasteiger partial charge on any atom is -0.486 e. The minimum atomic E-state index is -0.208. The highest BCUT2D eigenvalue weighted by Gasteiger charge is 2.19. The molecule has 1 aliphatic rings. The Labute approximate surface area is 168 Å². The van der Waals surface area contributed by atoms with Crippen molar-refractivity contribution in [3.63, 3.8) is 0 Å². The molecule has 0 bridgehead atoms. The molecule has 29 heavy (non-hydrogen) atoms. The van der Waals surface area contributed by atoms with Crippen LogP contribution >= 0.6 is 0 Å². The number of hydrogen-bond acceptors (Lipinski definition) is 7. The summed E-state index contributed by atoms with van der Waals surface area (Å²) in [5.74, 6) is 2.17. The van der Waals surface area contributed by atoms with Crippen LogP contribution in [0.5, 0.6) is 11.5 Å². The van der Waals surface area contributed by atoms with Crippen molar-refractivity contribution in [2.75, 3.05) is 31.6 Å². The third kappa shape index (κ3) is 4.13. The zero-order valence-corrected chi connectivity index (χ0v) is 16.3. The molecule has 0 aliphatic carbocycles. The second-order valence-electron chi connectivity index (χ2n) is 6.63. The molecule has 3 aromatic rings. The van der Waals surface area contributed by atoms with E-state index in [1.165, 1.54) is 0 Å². The number of rotatable bonds is 6. The van der Waals surface area contributed by atoms with E-state index >= 15 is 0 Å². The molecular weight excluding hydrogens is 372 g/mol. The number of aryl methyl sites for hydroxylation is 2. The van der Waals surface area contributed by atoms with Crippen molar-refractivity contribution in [2.24, 2.45) is 0 Å². The Hall–Kier alpha value is -3.62. The van der Waals surface area contributed by atoms with Crippen molar-refractivity contribution in [3.05, 3.63) is 53.3 Å². The number of nitrogens with one attached hydrogen (secondary N) is 2. The van der Waals surface area contributed by atoms with E-state index in [1.54, 1.807) is 22.9 Å². The minimum absolute atomic E-state index is 0.208. The lowest BCUT2D eigenvalue weighted by molar-refractivity contribution is 0.0944. The largest absolute Gasteiger partial charge is 0.486 e. The Kier molecular flexibility index (Phi) is 5.28. The van der Waals surface area contributed by atoms with Gasteiger partial charge in [0.25, 0.3) is 5.91 Å². The van der Waals surface area contributed by atoms with Crippen LogP contribution < -0.4 is 20.1 Å². The van der Waals surface area contributed by atoms with Gasteiger partial charge in [-0.15, -0.1) is 10.2 Å². The van der Waals surface area contributed by atoms with Gasteiger partial charge < -0.3 is 20.1 Å². The number of aromatic nitrogens is 4. The molecule has 9 heteroatoms. The first-order valence-corrected chi connectivity index (χ1v) is 9.40. The Morgan fingerprint density at radius 2 is 1.97 bits per heavy atom. The number of carbonyl (C=O) groups is 1. The van der Waals surface area contributed by atoms with Gasteiger partial charge in [0.1, 0.15) is 19.0 Å². The summed E-state index contributed by atoms with van der Waals surface area (Å²) in [5, 5.41) is 18.8. The highest BCUT2D eigenvalue weighted by Crippen LogP contribution is 2.33. The molecule has 3 heterocycles. The quantitative estimate of drug-likeness (QED) is 0.616. The topological polar surface area (TPSA) is 103 Å². The molecule has 0 saturated heterocycles. The predicted octanol–water partition coefficient (Wildman–Crippen LogP) is 1.89. The molecule has 0 atom stereocenters. The summed E-state index contributed by atoms with van der Waals surface area (Å²) in [6.07, 6.45) is 0. The van der Waals surface area contributed by atoms with Gasteiger partial charge in [0.15, 0.2) is 17.3 Å². The van der Waals surface area contributed by atoms with Gasteiger partial charge in [-0.25, -0.2) is 4.68 Å². The summed E-state index contributed by atoms with van der Waals surface area (Å²) < 4.78 is 12.8. The number of benzene rings is 1. The number of nitrogens with zero attached hydrogens (tertiary/aromatic N) is 4. The van der Waals surface area contributed by atoms with Crippen LogP contribution in [-0.4, -0.2) is 52.2 Å². The number of para-hydroxylation sites is 1. The first-order valence-electron chi connectivity index (χ1n) is 9.40. The standard InChI is InChI=1S/C20H22N6O3/c1-13-12-14(2)26(25-13)18-7-6-17(23-24-18)21-8-9-22-20(27)15-4-3-5-16-19(15)29-11-10-28-16/h3-7,12H,8-11H2,1-2H3,(H,21,23)(H,22,27). The van der Waals surface area contributed by atoms with Crippen molar-refractivity contribution < 1.29 is 14.3 Å². The number of carbonyl (C=O) groups excluding carboxylic acids is 1. The van der Waals surface area contributed by atoms with Crippen molar-refractivity contribution in [2.45, 2.75) is 13.8 Å². The smallest absolute Gasteiger partial charge is 0.255 e. The summed E-state index contributed by atoms with van der Waals surface area (Å²) in [4.78, 5) is 12.5. The van der Waals surface area contributed by atoms with E-state index in [0.717, 1.165) is 11.4 Å². The summed E-state index contributed by atoms with van der Waals surface area (Å²) >= 11 is 0. The predicted molar refractivity (Wildman–Crippen MR) is 107 cm³/mol. The van der Waals surface area contributed by atoms with Crippen molar-refractivity contribution in [3.8, 4) is 17.3 Å². The molecule has 2 aromatic heterocycles. The second-order valence-corrected chi connectivity index (χ2v) is 6.63. The van der Waals surface area contributed by atoms with Gasteiger partial charge in [-0.1, -0.05) is 6.07 Å². The van der Waals surface area contributed by atoms with Crippen LogP contribution in [0.25, 0.3) is 5.82 Å². The summed E-state index contributed by atoms with van der Waals surface area (Å²) in [7, 11) is 0. The average molecular weight is 394 g/mol. The first-order chi connectivity index (χ1) is 14.1. The van der Waals surface area contributed by atoms with Gasteiger partial charge in [0.2, 0.25) is 0 Å². The molecule has 0 saturated carbocycles.